The zero-order valence-corrected chi connectivity index (χ0v) is 18.9. The molecule has 2 aromatic rings. The molecule has 1 aliphatic heterocycles. The number of hydrogen-bond acceptors (Lipinski definition) is 4. The van der Waals surface area contributed by atoms with E-state index in [4.69, 9.17) is 23.2 Å². The number of hydrazine groups is 1. The highest BCUT2D eigenvalue weighted by Gasteiger charge is 2.62. The number of rotatable bonds is 5. The summed E-state index contributed by atoms with van der Waals surface area (Å²) in [7, 11) is 0. The molecule has 3 fully saturated rings. The van der Waals surface area contributed by atoms with Crippen LogP contribution in [0.3, 0.4) is 0 Å². The van der Waals surface area contributed by atoms with Gasteiger partial charge in [0.15, 0.2) is 5.78 Å². The minimum absolute atomic E-state index is 0.0805. The van der Waals surface area contributed by atoms with Gasteiger partial charge in [0.05, 0.1) is 21.9 Å². The minimum atomic E-state index is -0.724. The van der Waals surface area contributed by atoms with E-state index in [-0.39, 0.29) is 33.0 Å². The molecule has 170 valence electrons. The van der Waals surface area contributed by atoms with Gasteiger partial charge >= 0.3 is 0 Å². The van der Waals surface area contributed by atoms with Gasteiger partial charge in [-0.15, -0.1) is 0 Å². The molecule has 2 bridgehead atoms. The predicted octanol–water partition coefficient (Wildman–Crippen LogP) is 4.40. The van der Waals surface area contributed by atoms with E-state index in [2.05, 4.69) is 0 Å². The van der Waals surface area contributed by atoms with Crippen molar-refractivity contribution in [2.45, 2.75) is 19.3 Å². The Bertz CT molecular complexity index is 1160. The molecular weight excluding hydrogens is 470 g/mol. The fourth-order valence-corrected chi connectivity index (χ4v) is 5.80. The number of amides is 3. The fraction of sp³-hybridized carbons (Fsp3) is 0.333. The van der Waals surface area contributed by atoms with Gasteiger partial charge in [0.25, 0.3) is 17.7 Å². The standard InChI is InChI=1S/C24H19Cl2FN2O4/c25-17-8-5-15(10-18(17)26)22(31)28(11-19(30)12-3-6-16(27)7-4-12)29-23(32)20-13-1-2-14(9-13)21(20)24(29)33/h3-8,10,13-14,20-21H,1-2,9,11H2/t13-,14-,20-,21-/m0/s1. The number of halogens is 3. The molecular formula is C24H19Cl2FN2O4. The lowest BCUT2D eigenvalue weighted by Gasteiger charge is -2.31. The van der Waals surface area contributed by atoms with E-state index >= 15 is 0 Å². The molecule has 3 amide bonds. The molecule has 33 heavy (non-hydrogen) atoms. The van der Waals surface area contributed by atoms with Gasteiger partial charge in [0, 0.05) is 11.1 Å². The second-order valence-corrected chi connectivity index (χ2v) is 9.61. The van der Waals surface area contributed by atoms with Crippen molar-refractivity contribution >= 4 is 46.7 Å². The zero-order valence-electron chi connectivity index (χ0n) is 17.3. The topological polar surface area (TPSA) is 74.8 Å². The lowest BCUT2D eigenvalue weighted by atomic mass is 9.81. The van der Waals surface area contributed by atoms with Crippen LogP contribution < -0.4 is 0 Å². The molecule has 0 unspecified atom stereocenters. The van der Waals surface area contributed by atoms with E-state index in [0.717, 1.165) is 41.4 Å². The van der Waals surface area contributed by atoms with Crippen LogP contribution in [0.25, 0.3) is 0 Å². The van der Waals surface area contributed by atoms with Gasteiger partial charge in [0.2, 0.25) is 0 Å². The van der Waals surface area contributed by atoms with Crippen LogP contribution in [0.5, 0.6) is 0 Å². The molecule has 0 N–H and O–H groups in total. The first-order chi connectivity index (χ1) is 15.8. The Morgan fingerprint density at radius 1 is 0.909 bits per heavy atom. The molecule has 0 spiro atoms. The van der Waals surface area contributed by atoms with Crippen LogP contribution in [0.15, 0.2) is 42.5 Å². The number of ketones is 1. The highest BCUT2D eigenvalue weighted by molar-refractivity contribution is 6.42. The maximum atomic E-state index is 13.5. The molecule has 2 aromatic carbocycles. The van der Waals surface area contributed by atoms with Gasteiger partial charge in [-0.05, 0) is 73.6 Å². The van der Waals surface area contributed by atoms with Gasteiger partial charge in [-0.1, -0.05) is 23.2 Å². The van der Waals surface area contributed by atoms with Crippen LogP contribution in [0.2, 0.25) is 10.0 Å². The van der Waals surface area contributed by atoms with Crippen LogP contribution in [0.4, 0.5) is 4.39 Å². The molecule has 4 atom stereocenters. The quantitative estimate of drug-likeness (QED) is 0.461. The lowest BCUT2D eigenvalue weighted by molar-refractivity contribution is -0.154. The van der Waals surface area contributed by atoms with Gasteiger partial charge in [0.1, 0.15) is 12.4 Å². The number of benzene rings is 2. The zero-order chi connectivity index (χ0) is 23.4. The molecule has 0 aromatic heterocycles. The van der Waals surface area contributed by atoms with E-state index in [9.17, 15) is 23.6 Å². The SMILES string of the molecule is O=C(CN(C(=O)c1ccc(Cl)c(Cl)c1)N1C(=O)[C@H]2[C@H]3CC[C@@H](C3)[C@@H]2C1=O)c1ccc(F)cc1. The van der Waals surface area contributed by atoms with Gasteiger partial charge in [-0.3, -0.25) is 19.2 Å². The third-order valence-electron chi connectivity index (χ3n) is 7.01. The van der Waals surface area contributed by atoms with Crippen LogP contribution in [0.1, 0.15) is 40.0 Å². The smallest absolute Gasteiger partial charge is 0.273 e. The van der Waals surface area contributed by atoms with Gasteiger partial charge in [-0.25, -0.2) is 9.40 Å². The molecule has 9 heteroatoms. The number of carbonyl (C=O) groups excluding carboxylic acids is 4. The van der Waals surface area contributed by atoms with Crippen LogP contribution in [-0.2, 0) is 9.59 Å². The van der Waals surface area contributed by atoms with Crippen molar-refractivity contribution in [3.05, 3.63) is 69.5 Å². The number of nitrogens with zero attached hydrogens (tertiary/aromatic N) is 2. The Morgan fingerprint density at radius 3 is 2.06 bits per heavy atom. The number of imide groups is 1. The van der Waals surface area contributed by atoms with E-state index in [1.165, 1.54) is 30.3 Å². The number of hydrogen-bond donors (Lipinski definition) is 0. The van der Waals surface area contributed by atoms with Crippen molar-refractivity contribution < 1.29 is 23.6 Å². The number of Topliss-reactive ketones (excluding diaryl/α,β-unsaturated/α-hetero) is 1. The van der Waals surface area contributed by atoms with Gasteiger partial charge in [-0.2, -0.15) is 5.01 Å². The fourth-order valence-electron chi connectivity index (χ4n) is 5.51. The monoisotopic (exact) mass is 488 g/mol. The largest absolute Gasteiger partial charge is 0.292 e. The van der Waals surface area contributed by atoms with Crippen LogP contribution in [-0.4, -0.2) is 40.1 Å². The summed E-state index contributed by atoms with van der Waals surface area (Å²) in [4.78, 5) is 53.1. The summed E-state index contributed by atoms with van der Waals surface area (Å²) in [6.07, 6.45) is 2.61. The van der Waals surface area contributed by atoms with Crippen molar-refractivity contribution in [1.82, 2.24) is 10.0 Å². The van der Waals surface area contributed by atoms with E-state index in [1.54, 1.807) is 0 Å². The predicted molar refractivity (Wildman–Crippen MR) is 118 cm³/mol. The second-order valence-electron chi connectivity index (χ2n) is 8.79. The number of fused-ring (bicyclic) bond motifs is 5. The summed E-state index contributed by atoms with van der Waals surface area (Å²) in [5.41, 5.74) is 0.236. The molecule has 0 radical (unpaired) electrons. The molecule has 2 aliphatic carbocycles. The van der Waals surface area contributed by atoms with Crippen LogP contribution >= 0.6 is 23.2 Å². The van der Waals surface area contributed by atoms with Gasteiger partial charge < -0.3 is 0 Å². The summed E-state index contributed by atoms with van der Waals surface area (Å²) in [5, 5.41) is 2.11. The first-order valence-corrected chi connectivity index (χ1v) is 11.4. The third kappa shape index (κ3) is 3.63. The first-order valence-electron chi connectivity index (χ1n) is 10.7. The summed E-state index contributed by atoms with van der Waals surface area (Å²) < 4.78 is 13.3. The molecule has 2 saturated carbocycles. The average Bonchev–Trinajstić information content (AvgIpc) is 3.48. The Labute approximate surface area is 199 Å². The summed E-state index contributed by atoms with van der Waals surface area (Å²) in [6, 6.07) is 9.03. The van der Waals surface area contributed by atoms with E-state index < -0.39 is 47.7 Å². The molecule has 1 heterocycles. The second kappa shape index (κ2) is 8.22. The Hall–Kier alpha value is -2.77. The maximum absolute atomic E-state index is 13.5. The maximum Gasteiger partial charge on any atom is 0.273 e. The van der Waals surface area contributed by atoms with Crippen LogP contribution in [0, 0.1) is 29.5 Å². The lowest BCUT2D eigenvalue weighted by Crippen LogP contribution is -2.52. The first kappa shape index (κ1) is 22.0. The molecule has 3 aliphatic rings. The normalized spacial score (nSPS) is 25.5. The minimum Gasteiger partial charge on any atom is -0.292 e. The third-order valence-corrected chi connectivity index (χ3v) is 7.75. The highest BCUT2D eigenvalue weighted by atomic mass is 35.5. The highest BCUT2D eigenvalue weighted by Crippen LogP contribution is 2.56. The van der Waals surface area contributed by atoms with Crippen molar-refractivity contribution in [2.24, 2.45) is 23.7 Å². The van der Waals surface area contributed by atoms with E-state index in [1.807, 2.05) is 0 Å². The molecule has 6 nitrogen and oxygen atoms in total. The average molecular weight is 489 g/mol. The summed E-state index contributed by atoms with van der Waals surface area (Å²) >= 11 is 12.0. The summed E-state index contributed by atoms with van der Waals surface area (Å²) in [5.74, 6) is -3.34. The number of carbonyl (C=O) groups is 4. The Morgan fingerprint density at radius 2 is 1.48 bits per heavy atom. The molecule has 1 saturated heterocycles. The van der Waals surface area contributed by atoms with E-state index in [0.29, 0.717) is 0 Å². The Kier molecular flexibility index (Phi) is 5.49. The van der Waals surface area contributed by atoms with Crippen molar-refractivity contribution in [3.8, 4) is 0 Å². The summed E-state index contributed by atoms with van der Waals surface area (Å²) in [6.45, 7) is -0.559. The molecule has 5 rings (SSSR count). The Balaban J connectivity index is 1.51. The van der Waals surface area contributed by atoms with Crippen molar-refractivity contribution in [1.29, 1.82) is 0 Å². The van der Waals surface area contributed by atoms with Crippen molar-refractivity contribution in [3.63, 3.8) is 0 Å². The van der Waals surface area contributed by atoms with Crippen molar-refractivity contribution in [2.75, 3.05) is 6.54 Å².